The second-order valence-electron chi connectivity index (χ2n) is 6.19. The summed E-state index contributed by atoms with van der Waals surface area (Å²) in [5.41, 5.74) is 6.46. The van der Waals surface area contributed by atoms with Crippen LogP contribution in [-0.2, 0) is 4.79 Å². The molecule has 0 radical (unpaired) electrons. The monoisotopic (exact) mass is 260 g/mol. The topological polar surface area (TPSA) is 46.3 Å². The lowest BCUT2D eigenvalue weighted by molar-refractivity contribution is -0.133. The first-order valence-electron chi connectivity index (χ1n) is 6.44. The molecular weight excluding hydrogens is 236 g/mol. The Morgan fingerprint density at radius 2 is 1.88 bits per heavy atom. The van der Waals surface area contributed by atoms with Crippen LogP contribution >= 0.6 is 12.4 Å². The summed E-state index contributed by atoms with van der Waals surface area (Å²) in [5, 5.41) is 0. The lowest BCUT2D eigenvalue weighted by Crippen LogP contribution is -2.47. The minimum atomic E-state index is -0.300. The van der Waals surface area contributed by atoms with E-state index in [0.717, 1.165) is 31.3 Å². The number of carbonyl (C=O) groups is 1. The number of hydrogen-bond acceptors (Lipinski definition) is 2. The summed E-state index contributed by atoms with van der Waals surface area (Å²) in [5.74, 6) is 1.90. The molecule has 0 aromatic heterocycles. The molecule has 0 spiro atoms. The van der Waals surface area contributed by atoms with Crippen molar-refractivity contribution in [3.63, 3.8) is 0 Å². The maximum Gasteiger partial charge on any atom is 0.239 e. The first-order chi connectivity index (χ1) is 7.39. The van der Waals surface area contributed by atoms with Crippen molar-refractivity contribution in [2.24, 2.45) is 28.9 Å². The summed E-state index contributed by atoms with van der Waals surface area (Å²) in [6, 6.07) is -0.300. The molecule has 1 amide bonds. The molecule has 0 aromatic carbocycles. The van der Waals surface area contributed by atoms with Crippen molar-refractivity contribution in [3.05, 3.63) is 0 Å². The average molecular weight is 261 g/mol. The highest BCUT2D eigenvalue weighted by atomic mass is 35.5. The number of fused-ring (bicyclic) bond motifs is 1. The molecule has 1 heterocycles. The Bertz CT molecular complexity index is 292. The van der Waals surface area contributed by atoms with Crippen LogP contribution < -0.4 is 5.73 Å². The molecule has 0 bridgehead atoms. The van der Waals surface area contributed by atoms with Crippen molar-refractivity contribution >= 4 is 18.3 Å². The van der Waals surface area contributed by atoms with Crippen LogP contribution in [0.2, 0.25) is 0 Å². The third kappa shape index (κ3) is 2.32. The quantitative estimate of drug-likeness (QED) is 0.843. The number of nitrogens with two attached hydrogens (primary N) is 1. The minimum absolute atomic E-state index is 0. The standard InChI is InChI=1S/C13H24N2O.ClH/c1-5-8(2)11(14)12(16)15-6-9-10(7-15)13(9,3)4;/h8-11H,5-7,14H2,1-4H3;1H. The number of halogens is 1. The fourth-order valence-electron chi connectivity index (χ4n) is 3.02. The van der Waals surface area contributed by atoms with Crippen LogP contribution in [0, 0.1) is 23.2 Å². The van der Waals surface area contributed by atoms with Gasteiger partial charge in [0.25, 0.3) is 0 Å². The molecule has 2 rings (SSSR count). The van der Waals surface area contributed by atoms with E-state index < -0.39 is 0 Å². The average Bonchev–Trinajstić information content (AvgIpc) is 2.70. The second kappa shape index (κ2) is 4.77. The van der Waals surface area contributed by atoms with Gasteiger partial charge in [0.1, 0.15) is 0 Å². The molecule has 4 atom stereocenters. The molecule has 2 fully saturated rings. The van der Waals surface area contributed by atoms with E-state index in [1.54, 1.807) is 0 Å². The van der Waals surface area contributed by atoms with Crippen molar-refractivity contribution in [1.29, 1.82) is 0 Å². The largest absolute Gasteiger partial charge is 0.341 e. The van der Waals surface area contributed by atoms with Gasteiger partial charge in [-0.3, -0.25) is 4.79 Å². The van der Waals surface area contributed by atoms with Crippen molar-refractivity contribution in [2.75, 3.05) is 13.1 Å². The molecular formula is C13H25ClN2O. The van der Waals surface area contributed by atoms with E-state index in [0.29, 0.717) is 5.41 Å². The highest BCUT2D eigenvalue weighted by Gasteiger charge is 2.62. The van der Waals surface area contributed by atoms with Gasteiger partial charge in [-0.1, -0.05) is 34.1 Å². The zero-order valence-corrected chi connectivity index (χ0v) is 12.1. The fraction of sp³-hybridized carbons (Fsp3) is 0.923. The van der Waals surface area contributed by atoms with Crippen LogP contribution in [0.25, 0.3) is 0 Å². The van der Waals surface area contributed by atoms with Gasteiger partial charge in [0.15, 0.2) is 0 Å². The zero-order valence-electron chi connectivity index (χ0n) is 11.3. The lowest BCUT2D eigenvalue weighted by atomic mass is 9.98. The Balaban J connectivity index is 0.00000144. The van der Waals surface area contributed by atoms with Crippen molar-refractivity contribution in [3.8, 4) is 0 Å². The summed E-state index contributed by atoms with van der Waals surface area (Å²) in [6.45, 7) is 10.6. The van der Waals surface area contributed by atoms with E-state index in [1.807, 2.05) is 4.90 Å². The maximum absolute atomic E-state index is 12.1. The van der Waals surface area contributed by atoms with Crippen molar-refractivity contribution < 1.29 is 4.79 Å². The van der Waals surface area contributed by atoms with Gasteiger partial charge in [-0.05, 0) is 23.2 Å². The number of amides is 1. The highest BCUT2D eigenvalue weighted by molar-refractivity contribution is 5.85. The van der Waals surface area contributed by atoms with Crippen LogP contribution in [-0.4, -0.2) is 29.9 Å². The van der Waals surface area contributed by atoms with Crippen molar-refractivity contribution in [1.82, 2.24) is 4.90 Å². The summed E-state index contributed by atoms with van der Waals surface area (Å²) < 4.78 is 0. The molecule has 17 heavy (non-hydrogen) atoms. The Morgan fingerprint density at radius 3 is 2.29 bits per heavy atom. The van der Waals surface area contributed by atoms with Gasteiger partial charge in [-0.25, -0.2) is 0 Å². The van der Waals surface area contributed by atoms with Crippen LogP contribution in [0.1, 0.15) is 34.1 Å². The van der Waals surface area contributed by atoms with E-state index in [-0.39, 0.29) is 30.3 Å². The predicted octanol–water partition coefficient (Wildman–Crippen LogP) is 1.90. The second-order valence-corrected chi connectivity index (χ2v) is 6.19. The van der Waals surface area contributed by atoms with E-state index in [9.17, 15) is 4.79 Å². The summed E-state index contributed by atoms with van der Waals surface area (Å²) >= 11 is 0. The van der Waals surface area contributed by atoms with Gasteiger partial charge in [0.05, 0.1) is 6.04 Å². The highest BCUT2D eigenvalue weighted by Crippen LogP contribution is 2.61. The molecule has 2 aliphatic rings. The smallest absolute Gasteiger partial charge is 0.239 e. The molecule has 1 saturated heterocycles. The Hall–Kier alpha value is -0.280. The van der Waals surface area contributed by atoms with Crippen LogP contribution in [0.3, 0.4) is 0 Å². The van der Waals surface area contributed by atoms with Crippen LogP contribution in [0.4, 0.5) is 0 Å². The number of likely N-dealkylation sites (tertiary alicyclic amines) is 1. The molecule has 2 N–H and O–H groups in total. The van der Waals surface area contributed by atoms with Crippen molar-refractivity contribution in [2.45, 2.75) is 40.2 Å². The SMILES string of the molecule is CCC(C)C(N)C(=O)N1CC2C(C1)C2(C)C.Cl. The zero-order chi connectivity index (χ0) is 12.1. The van der Waals surface area contributed by atoms with Gasteiger partial charge >= 0.3 is 0 Å². The van der Waals surface area contributed by atoms with Gasteiger partial charge in [0.2, 0.25) is 5.91 Å². The van der Waals surface area contributed by atoms with Gasteiger partial charge < -0.3 is 10.6 Å². The number of carbonyl (C=O) groups excluding carboxylic acids is 1. The lowest BCUT2D eigenvalue weighted by Gasteiger charge is -2.27. The summed E-state index contributed by atoms with van der Waals surface area (Å²) in [6.07, 6.45) is 0.971. The number of nitrogens with zero attached hydrogens (tertiary/aromatic N) is 1. The van der Waals surface area contributed by atoms with E-state index in [1.165, 1.54) is 0 Å². The Kier molecular flexibility index (Phi) is 4.15. The van der Waals surface area contributed by atoms with Gasteiger partial charge in [-0.15, -0.1) is 12.4 Å². The molecule has 0 aromatic rings. The molecule has 1 aliphatic heterocycles. The Labute approximate surface area is 111 Å². The molecule has 100 valence electrons. The fourth-order valence-corrected chi connectivity index (χ4v) is 3.02. The predicted molar refractivity (Wildman–Crippen MR) is 72.0 cm³/mol. The first-order valence-corrected chi connectivity index (χ1v) is 6.44. The molecule has 1 saturated carbocycles. The molecule has 1 aliphatic carbocycles. The van der Waals surface area contributed by atoms with Gasteiger partial charge in [0, 0.05) is 13.1 Å². The number of piperidine rings is 1. The molecule has 3 nitrogen and oxygen atoms in total. The summed E-state index contributed by atoms with van der Waals surface area (Å²) in [4.78, 5) is 14.1. The molecule has 4 heteroatoms. The summed E-state index contributed by atoms with van der Waals surface area (Å²) in [7, 11) is 0. The first kappa shape index (κ1) is 14.8. The van der Waals surface area contributed by atoms with Gasteiger partial charge in [-0.2, -0.15) is 0 Å². The van der Waals surface area contributed by atoms with E-state index in [4.69, 9.17) is 5.73 Å². The third-order valence-electron chi connectivity index (χ3n) is 4.98. The molecule has 4 unspecified atom stereocenters. The van der Waals surface area contributed by atoms with E-state index >= 15 is 0 Å². The van der Waals surface area contributed by atoms with Crippen LogP contribution in [0.5, 0.6) is 0 Å². The normalized spacial score (nSPS) is 32.4. The Morgan fingerprint density at radius 1 is 1.41 bits per heavy atom. The van der Waals surface area contributed by atoms with Crippen LogP contribution in [0.15, 0.2) is 0 Å². The third-order valence-corrected chi connectivity index (χ3v) is 4.98. The van der Waals surface area contributed by atoms with E-state index in [2.05, 4.69) is 27.7 Å². The maximum atomic E-state index is 12.1. The number of hydrogen-bond donors (Lipinski definition) is 1. The minimum Gasteiger partial charge on any atom is -0.341 e. The number of rotatable bonds is 3.